The van der Waals surface area contributed by atoms with Gasteiger partial charge in [-0.25, -0.2) is 9.18 Å². The normalized spacial score (nSPS) is 12.8. The lowest BCUT2D eigenvalue weighted by atomic mass is 9.95. The van der Waals surface area contributed by atoms with Gasteiger partial charge in [0.15, 0.2) is 11.0 Å². The molecule has 2 aromatic heterocycles. The summed E-state index contributed by atoms with van der Waals surface area (Å²) in [6.45, 7) is 7.96. The highest BCUT2D eigenvalue weighted by atomic mass is 32.2. The van der Waals surface area contributed by atoms with Gasteiger partial charge in [0.05, 0.1) is 17.4 Å². The fourth-order valence-corrected chi connectivity index (χ4v) is 6.02. The molecule has 0 radical (unpaired) electrons. The number of hydrogen-bond donors (Lipinski definition) is 1. The van der Waals surface area contributed by atoms with E-state index in [4.69, 9.17) is 9.47 Å². The van der Waals surface area contributed by atoms with Gasteiger partial charge in [0.25, 0.3) is 0 Å². The number of rotatable bonds is 11. The third kappa shape index (κ3) is 6.78. The van der Waals surface area contributed by atoms with Gasteiger partial charge in [0.1, 0.15) is 23.2 Å². The molecule has 1 aliphatic rings. The Bertz CT molecular complexity index is 1270. The van der Waals surface area contributed by atoms with Gasteiger partial charge < -0.3 is 14.8 Å². The molecule has 1 aromatic carbocycles. The summed E-state index contributed by atoms with van der Waals surface area (Å²) in [6.07, 6.45) is 5.26. The number of carbonyl (C=O) groups excluding carboxylic acids is 2. The van der Waals surface area contributed by atoms with Gasteiger partial charge in [-0.3, -0.25) is 9.36 Å². The van der Waals surface area contributed by atoms with E-state index in [2.05, 4.69) is 22.1 Å². The van der Waals surface area contributed by atoms with E-state index in [1.54, 1.807) is 6.08 Å². The van der Waals surface area contributed by atoms with Crippen LogP contribution in [0.15, 0.2) is 42.1 Å². The van der Waals surface area contributed by atoms with Gasteiger partial charge in [-0.1, -0.05) is 17.8 Å². The number of esters is 1. The van der Waals surface area contributed by atoms with Crippen LogP contribution in [-0.2, 0) is 35.5 Å². The topological polar surface area (TPSA) is 95.3 Å². The zero-order valence-corrected chi connectivity index (χ0v) is 22.4. The molecule has 2 heterocycles. The van der Waals surface area contributed by atoms with Crippen molar-refractivity contribution in [1.29, 1.82) is 0 Å². The highest BCUT2D eigenvalue weighted by Crippen LogP contribution is 2.39. The lowest BCUT2D eigenvalue weighted by molar-refractivity contribution is -0.113. The number of carbonyl (C=O) groups is 2. The summed E-state index contributed by atoms with van der Waals surface area (Å²) in [4.78, 5) is 26.9. The first kappa shape index (κ1) is 26.9. The molecule has 0 fully saturated rings. The molecular weight excluding hydrogens is 515 g/mol. The average molecular weight is 545 g/mol. The number of ether oxygens (including phenoxy) is 2. The Morgan fingerprint density at radius 1 is 1.24 bits per heavy atom. The summed E-state index contributed by atoms with van der Waals surface area (Å²) in [6, 6.07) is 5.72. The number of hydrogen-bond acceptors (Lipinski definition) is 8. The maximum Gasteiger partial charge on any atom is 0.341 e. The number of benzene rings is 1. The fourth-order valence-electron chi connectivity index (χ4n) is 3.96. The fraction of sp³-hybridized carbons (Fsp3) is 0.385. The van der Waals surface area contributed by atoms with Crippen LogP contribution in [0.3, 0.4) is 0 Å². The van der Waals surface area contributed by atoms with E-state index in [-0.39, 0.29) is 30.2 Å². The number of fused-ring (bicyclic) bond motifs is 1. The first-order valence-electron chi connectivity index (χ1n) is 12.0. The van der Waals surface area contributed by atoms with Gasteiger partial charge >= 0.3 is 5.97 Å². The lowest BCUT2D eigenvalue weighted by Gasteiger charge is -2.14. The van der Waals surface area contributed by atoms with Crippen molar-refractivity contribution in [3.63, 3.8) is 0 Å². The minimum atomic E-state index is -0.395. The highest BCUT2D eigenvalue weighted by molar-refractivity contribution is 7.99. The number of halogens is 1. The van der Waals surface area contributed by atoms with Crippen molar-refractivity contribution < 1.29 is 23.5 Å². The molecule has 196 valence electrons. The number of amides is 1. The summed E-state index contributed by atoms with van der Waals surface area (Å²) in [5.74, 6) is 0.152. The van der Waals surface area contributed by atoms with Crippen LogP contribution in [0, 0.1) is 5.82 Å². The SMILES string of the molecule is C=CCn1c(COc2ccc(F)cc2)nnc1SCC(=O)Nc1sc2c(c1C(=O)OC(C)C)CCCC2. The Labute approximate surface area is 223 Å². The molecule has 0 saturated carbocycles. The van der Waals surface area contributed by atoms with Gasteiger partial charge in [-0.05, 0) is 69.4 Å². The summed E-state index contributed by atoms with van der Waals surface area (Å²) < 4.78 is 26.1. The molecule has 0 saturated heterocycles. The second-order valence-electron chi connectivity index (χ2n) is 8.75. The second kappa shape index (κ2) is 12.4. The molecule has 0 unspecified atom stereocenters. The monoisotopic (exact) mass is 544 g/mol. The number of anilines is 1. The van der Waals surface area contributed by atoms with Crippen molar-refractivity contribution in [1.82, 2.24) is 14.8 Å². The number of nitrogens with zero attached hydrogens (tertiary/aromatic N) is 3. The van der Waals surface area contributed by atoms with Gasteiger partial charge in [-0.15, -0.1) is 28.1 Å². The summed E-state index contributed by atoms with van der Waals surface area (Å²) in [7, 11) is 0. The maximum atomic E-state index is 13.1. The number of aryl methyl sites for hydroxylation is 1. The van der Waals surface area contributed by atoms with Crippen molar-refractivity contribution in [2.45, 2.75) is 63.9 Å². The minimum Gasteiger partial charge on any atom is -0.486 e. The lowest BCUT2D eigenvalue weighted by Crippen LogP contribution is -2.19. The van der Waals surface area contributed by atoms with Crippen molar-refractivity contribution in [2.75, 3.05) is 11.1 Å². The Balaban J connectivity index is 1.42. The third-order valence-electron chi connectivity index (χ3n) is 5.59. The standard InChI is InChI=1S/C26H29FN4O4S2/c1-4-13-31-21(14-34-18-11-9-17(27)10-12-18)29-30-26(31)36-15-22(32)28-24-23(25(33)35-16(2)3)19-7-5-6-8-20(19)37-24/h4,9-12,16H,1,5-8,13-15H2,2-3H3,(H,28,32). The van der Waals surface area contributed by atoms with E-state index in [1.165, 1.54) is 47.4 Å². The van der Waals surface area contributed by atoms with Crippen molar-refractivity contribution in [3.8, 4) is 5.75 Å². The Hall–Kier alpha value is -3.18. The Morgan fingerprint density at radius 3 is 2.73 bits per heavy atom. The Kier molecular flexibility index (Phi) is 8.99. The number of nitrogens with one attached hydrogen (secondary N) is 1. The zero-order chi connectivity index (χ0) is 26.4. The molecule has 37 heavy (non-hydrogen) atoms. The predicted octanol–water partition coefficient (Wildman–Crippen LogP) is 5.42. The van der Waals surface area contributed by atoms with Gasteiger partial charge in [0, 0.05) is 11.4 Å². The van der Waals surface area contributed by atoms with Crippen molar-refractivity contribution in [2.24, 2.45) is 0 Å². The van der Waals surface area contributed by atoms with E-state index in [9.17, 15) is 14.0 Å². The molecule has 0 bridgehead atoms. The zero-order valence-electron chi connectivity index (χ0n) is 20.8. The summed E-state index contributed by atoms with van der Waals surface area (Å²) in [5, 5.41) is 12.4. The van der Waals surface area contributed by atoms with Crippen LogP contribution in [0.5, 0.6) is 5.75 Å². The predicted molar refractivity (Wildman–Crippen MR) is 142 cm³/mol. The third-order valence-corrected chi connectivity index (χ3v) is 7.76. The van der Waals surface area contributed by atoms with Crippen LogP contribution >= 0.6 is 23.1 Å². The molecule has 1 amide bonds. The van der Waals surface area contributed by atoms with Crippen LogP contribution in [-0.4, -0.2) is 38.5 Å². The Morgan fingerprint density at radius 2 is 2.00 bits per heavy atom. The molecular formula is C26H29FN4O4S2. The first-order valence-corrected chi connectivity index (χ1v) is 13.9. The van der Waals surface area contributed by atoms with Crippen molar-refractivity contribution >= 4 is 40.0 Å². The molecule has 1 aliphatic carbocycles. The van der Waals surface area contributed by atoms with E-state index >= 15 is 0 Å². The number of aromatic nitrogens is 3. The largest absolute Gasteiger partial charge is 0.486 e. The average Bonchev–Trinajstić information content (AvgIpc) is 3.42. The second-order valence-corrected chi connectivity index (χ2v) is 10.8. The van der Waals surface area contributed by atoms with E-state index in [0.717, 1.165) is 36.1 Å². The van der Waals surface area contributed by atoms with E-state index < -0.39 is 5.97 Å². The quantitative estimate of drug-likeness (QED) is 0.196. The molecule has 11 heteroatoms. The van der Waals surface area contributed by atoms with Crippen LogP contribution in [0.25, 0.3) is 0 Å². The van der Waals surface area contributed by atoms with Gasteiger partial charge in [-0.2, -0.15) is 0 Å². The number of thiophene rings is 1. The molecule has 8 nitrogen and oxygen atoms in total. The molecule has 1 N–H and O–H groups in total. The molecule has 0 spiro atoms. The highest BCUT2D eigenvalue weighted by Gasteiger charge is 2.28. The van der Waals surface area contributed by atoms with Gasteiger partial charge in [0.2, 0.25) is 5.91 Å². The molecule has 0 aliphatic heterocycles. The molecule has 0 atom stereocenters. The van der Waals surface area contributed by atoms with E-state index in [0.29, 0.717) is 33.8 Å². The van der Waals surface area contributed by atoms with Crippen LogP contribution < -0.4 is 10.1 Å². The summed E-state index contributed by atoms with van der Waals surface area (Å²) >= 11 is 2.69. The van der Waals surface area contributed by atoms with Crippen LogP contribution in [0.1, 0.15) is 53.3 Å². The first-order chi connectivity index (χ1) is 17.9. The van der Waals surface area contributed by atoms with Crippen LogP contribution in [0.4, 0.5) is 9.39 Å². The van der Waals surface area contributed by atoms with Crippen molar-refractivity contribution in [3.05, 3.63) is 64.6 Å². The molecule has 3 aromatic rings. The van der Waals surface area contributed by atoms with Crippen LogP contribution in [0.2, 0.25) is 0 Å². The minimum absolute atomic E-state index is 0.0787. The number of allylic oxidation sites excluding steroid dienone is 1. The molecule has 4 rings (SSSR count). The smallest absolute Gasteiger partial charge is 0.341 e. The summed E-state index contributed by atoms with van der Waals surface area (Å²) in [5.41, 5.74) is 1.49. The maximum absolute atomic E-state index is 13.1. The van der Waals surface area contributed by atoms with E-state index in [1.807, 2.05) is 18.4 Å². The number of thioether (sulfide) groups is 1.